The first-order valence-electron chi connectivity index (χ1n) is 12.2. The number of rotatable bonds is 11. The van der Waals surface area contributed by atoms with E-state index >= 15 is 0 Å². The number of allylic oxidation sites excluding steroid dienone is 1. The fraction of sp³-hybridized carbons (Fsp3) is 0.667. The molecular formula is C27H44O4Si. The van der Waals surface area contributed by atoms with Gasteiger partial charge < -0.3 is 14.6 Å². The van der Waals surface area contributed by atoms with E-state index in [-0.39, 0.29) is 23.5 Å². The lowest BCUT2D eigenvalue weighted by atomic mass is 9.76. The van der Waals surface area contributed by atoms with Crippen LogP contribution >= 0.6 is 0 Å². The Morgan fingerprint density at radius 1 is 1.25 bits per heavy atom. The predicted molar refractivity (Wildman–Crippen MR) is 134 cm³/mol. The number of hydrogen-bond acceptors (Lipinski definition) is 3. The molecule has 0 spiro atoms. The summed E-state index contributed by atoms with van der Waals surface area (Å²) in [5.74, 6) is -0.711. The van der Waals surface area contributed by atoms with Gasteiger partial charge in [0.15, 0.2) is 8.32 Å². The Morgan fingerprint density at radius 3 is 2.56 bits per heavy atom. The van der Waals surface area contributed by atoms with Gasteiger partial charge in [-0.15, -0.1) is 0 Å². The molecule has 0 saturated heterocycles. The molecule has 1 saturated carbocycles. The van der Waals surface area contributed by atoms with Crippen LogP contribution in [0.1, 0.15) is 77.7 Å². The Kier molecular flexibility index (Phi) is 9.74. The molecule has 5 heteroatoms. The average molecular weight is 461 g/mol. The molecule has 32 heavy (non-hydrogen) atoms. The Balaban J connectivity index is 2.00. The summed E-state index contributed by atoms with van der Waals surface area (Å²) < 4.78 is 6.76. The lowest BCUT2D eigenvalue weighted by Crippen LogP contribution is -2.43. The van der Waals surface area contributed by atoms with Crippen molar-refractivity contribution in [1.29, 1.82) is 0 Å². The Bertz CT molecular complexity index is 738. The molecule has 0 heterocycles. The molecular weight excluding hydrogens is 416 g/mol. The van der Waals surface area contributed by atoms with Gasteiger partial charge in [0.2, 0.25) is 0 Å². The fourth-order valence-corrected chi connectivity index (χ4v) is 5.65. The van der Waals surface area contributed by atoms with Crippen LogP contribution in [0, 0.1) is 5.92 Å². The predicted octanol–water partition coefficient (Wildman–Crippen LogP) is 6.74. The van der Waals surface area contributed by atoms with Crippen molar-refractivity contribution in [2.24, 2.45) is 5.92 Å². The largest absolute Gasteiger partial charge is 0.481 e. The van der Waals surface area contributed by atoms with E-state index < -0.39 is 19.9 Å². The number of benzene rings is 1. The van der Waals surface area contributed by atoms with E-state index in [1.54, 1.807) is 0 Å². The number of carboxylic acid groups (broad SMARTS) is 1. The number of unbranched alkanes of at least 4 members (excludes halogenated alkanes) is 1. The first-order chi connectivity index (χ1) is 14.9. The second-order valence-corrected chi connectivity index (χ2v) is 15.9. The van der Waals surface area contributed by atoms with Gasteiger partial charge in [-0.2, -0.15) is 0 Å². The van der Waals surface area contributed by atoms with Gasteiger partial charge in [0.05, 0.1) is 18.1 Å². The maximum absolute atomic E-state index is 11.2. The summed E-state index contributed by atoms with van der Waals surface area (Å²) >= 11 is 0. The Morgan fingerprint density at radius 2 is 1.94 bits per heavy atom. The van der Waals surface area contributed by atoms with Gasteiger partial charge in [0, 0.05) is 0 Å². The molecule has 0 radical (unpaired) electrons. The minimum atomic E-state index is -1.91. The maximum atomic E-state index is 11.2. The Labute approximate surface area is 196 Å². The van der Waals surface area contributed by atoms with Crippen molar-refractivity contribution >= 4 is 14.3 Å². The smallest absolute Gasteiger partial charge is 0.306 e. The van der Waals surface area contributed by atoms with E-state index in [1.165, 1.54) is 5.56 Å². The molecule has 1 aromatic carbocycles. The first kappa shape index (κ1) is 26.8. The van der Waals surface area contributed by atoms with Gasteiger partial charge in [-0.05, 0) is 74.6 Å². The van der Waals surface area contributed by atoms with Crippen LogP contribution in [0.5, 0.6) is 0 Å². The normalized spacial score (nSPS) is 23.4. The highest BCUT2D eigenvalue weighted by Crippen LogP contribution is 2.39. The summed E-state index contributed by atoms with van der Waals surface area (Å²) in [4.78, 5) is 11.2. The van der Waals surface area contributed by atoms with Crippen LogP contribution in [-0.4, -0.2) is 36.2 Å². The summed E-state index contributed by atoms with van der Waals surface area (Å²) in [5, 5.41) is 20.0. The van der Waals surface area contributed by atoms with Gasteiger partial charge in [0.1, 0.15) is 0 Å². The molecule has 0 amide bonds. The van der Waals surface area contributed by atoms with E-state index in [1.807, 2.05) is 0 Å². The van der Waals surface area contributed by atoms with E-state index in [9.17, 15) is 9.90 Å². The van der Waals surface area contributed by atoms with Crippen LogP contribution in [0.2, 0.25) is 18.1 Å². The molecule has 2 rings (SSSR count). The van der Waals surface area contributed by atoms with Gasteiger partial charge in [-0.1, -0.05) is 69.7 Å². The Hall–Kier alpha value is -1.43. The van der Waals surface area contributed by atoms with E-state index in [4.69, 9.17) is 9.53 Å². The number of aliphatic hydroxyl groups is 1. The molecule has 1 unspecified atom stereocenters. The van der Waals surface area contributed by atoms with Crippen molar-refractivity contribution in [2.45, 2.75) is 108 Å². The number of aryl methyl sites for hydroxylation is 1. The summed E-state index contributed by atoms with van der Waals surface area (Å²) in [5.41, 5.74) is 0.301. The zero-order valence-electron chi connectivity index (χ0n) is 20.8. The molecule has 180 valence electrons. The van der Waals surface area contributed by atoms with Crippen LogP contribution in [0.15, 0.2) is 42.5 Å². The summed E-state index contributed by atoms with van der Waals surface area (Å²) in [6.45, 7) is 11.4. The lowest BCUT2D eigenvalue weighted by Gasteiger charge is -2.39. The minimum Gasteiger partial charge on any atom is -0.481 e. The van der Waals surface area contributed by atoms with E-state index in [2.05, 4.69) is 76.3 Å². The minimum absolute atomic E-state index is 0.0705. The summed E-state index contributed by atoms with van der Waals surface area (Å²) in [6.07, 6.45) is 11.6. The number of carbonyl (C=O) groups is 1. The van der Waals surface area contributed by atoms with Crippen molar-refractivity contribution in [3.8, 4) is 0 Å². The molecule has 1 aliphatic carbocycles. The van der Waals surface area contributed by atoms with E-state index in [0.717, 1.165) is 38.5 Å². The third-order valence-electron chi connectivity index (χ3n) is 7.24. The zero-order chi connectivity index (χ0) is 23.8. The van der Waals surface area contributed by atoms with Crippen molar-refractivity contribution in [2.75, 3.05) is 0 Å². The number of aliphatic carboxylic acids is 1. The fourth-order valence-electron chi connectivity index (χ4n) is 4.34. The first-order valence-corrected chi connectivity index (χ1v) is 15.2. The maximum Gasteiger partial charge on any atom is 0.306 e. The summed E-state index contributed by atoms with van der Waals surface area (Å²) in [6, 6.07) is 10.6. The van der Waals surface area contributed by atoms with Crippen LogP contribution in [0.4, 0.5) is 0 Å². The third-order valence-corrected chi connectivity index (χ3v) is 11.7. The van der Waals surface area contributed by atoms with Crippen molar-refractivity contribution < 1.29 is 19.4 Å². The second-order valence-electron chi connectivity index (χ2n) is 11.2. The van der Waals surface area contributed by atoms with Gasteiger partial charge in [0.25, 0.3) is 0 Å². The van der Waals surface area contributed by atoms with Crippen LogP contribution < -0.4 is 0 Å². The summed E-state index contributed by atoms with van der Waals surface area (Å²) in [7, 11) is -1.91. The molecule has 0 bridgehead atoms. The quantitative estimate of drug-likeness (QED) is 0.218. The van der Waals surface area contributed by atoms with Gasteiger partial charge >= 0.3 is 5.97 Å². The highest BCUT2D eigenvalue weighted by molar-refractivity contribution is 6.74. The van der Waals surface area contributed by atoms with Crippen LogP contribution in [0.3, 0.4) is 0 Å². The molecule has 4 nitrogen and oxygen atoms in total. The molecule has 2 N–H and O–H groups in total. The number of hydrogen-bond donors (Lipinski definition) is 2. The highest BCUT2D eigenvalue weighted by atomic mass is 28.4. The zero-order valence-corrected chi connectivity index (χ0v) is 21.8. The molecule has 1 fully saturated rings. The molecule has 3 atom stereocenters. The molecule has 1 aliphatic rings. The van der Waals surface area contributed by atoms with Crippen molar-refractivity contribution in [3.05, 3.63) is 48.0 Å². The van der Waals surface area contributed by atoms with Gasteiger partial charge in [-0.25, -0.2) is 0 Å². The molecule has 1 aromatic rings. The van der Waals surface area contributed by atoms with Crippen molar-refractivity contribution in [1.82, 2.24) is 0 Å². The molecule has 0 aromatic heterocycles. The molecule has 0 aliphatic heterocycles. The number of carboxylic acids is 1. The van der Waals surface area contributed by atoms with E-state index in [0.29, 0.717) is 12.8 Å². The van der Waals surface area contributed by atoms with Crippen LogP contribution in [0.25, 0.3) is 0 Å². The third kappa shape index (κ3) is 8.84. The van der Waals surface area contributed by atoms with Gasteiger partial charge in [-0.3, -0.25) is 4.79 Å². The highest BCUT2D eigenvalue weighted by Gasteiger charge is 2.39. The SMILES string of the molecule is CC(C)(C)[Si](C)(C)OC(/C=C/[C@H]1CCC[C@@](O)(CC(=O)O)C1)CCCCc1ccccc1. The monoisotopic (exact) mass is 460 g/mol. The van der Waals surface area contributed by atoms with Crippen molar-refractivity contribution in [3.63, 3.8) is 0 Å². The second kappa shape index (κ2) is 11.6. The lowest BCUT2D eigenvalue weighted by molar-refractivity contribution is -0.144. The standard InChI is InChI=1S/C27H44O4Si/c1-26(2,3)32(4,5)31-24(16-10-9-14-22-12-7-6-8-13-22)18-17-23-15-11-19-27(30,20-23)21-25(28)29/h6-8,12-13,17-18,23-24,30H,9-11,14-16,19-21H2,1-5H3,(H,28,29)/b18-17+/t23-,24?,27+/m1/s1. The average Bonchev–Trinajstić information content (AvgIpc) is 2.68. The van der Waals surface area contributed by atoms with Crippen LogP contribution in [-0.2, 0) is 15.6 Å². The topological polar surface area (TPSA) is 66.8 Å².